The Balaban J connectivity index is 2.25. The minimum atomic E-state index is -2.20. The van der Waals surface area contributed by atoms with Gasteiger partial charge in [0.1, 0.15) is 30.0 Å². The molecule has 10 heteroatoms. The predicted octanol–water partition coefficient (Wildman–Crippen LogP) is -1.67. The monoisotopic (exact) mass is 334 g/mol. The van der Waals surface area contributed by atoms with Crippen LogP contribution in [0.2, 0.25) is 0 Å². The molecule has 24 heavy (non-hydrogen) atoms. The van der Waals surface area contributed by atoms with E-state index in [1.165, 1.54) is 0 Å². The van der Waals surface area contributed by atoms with Gasteiger partial charge in [0.25, 0.3) is 0 Å². The van der Waals surface area contributed by atoms with Crippen molar-refractivity contribution in [1.29, 1.82) is 0 Å². The lowest BCUT2D eigenvalue weighted by Gasteiger charge is -2.26. The predicted molar refractivity (Wildman–Crippen MR) is 79.7 cm³/mol. The molecule has 0 saturated carbocycles. The van der Waals surface area contributed by atoms with Crippen LogP contribution in [0.5, 0.6) is 0 Å². The SMILES string of the molecule is C#C[C@]1(O)[C@H](O)[C@@H](CO)O[C@H]1n1cc(C(=O)O)c2c(N)ncnc21. The van der Waals surface area contributed by atoms with Crippen molar-refractivity contribution in [3.8, 4) is 12.3 Å². The zero-order valence-electron chi connectivity index (χ0n) is 12.2. The van der Waals surface area contributed by atoms with E-state index < -0.39 is 36.6 Å². The van der Waals surface area contributed by atoms with Gasteiger partial charge in [-0.15, -0.1) is 6.42 Å². The van der Waals surface area contributed by atoms with Gasteiger partial charge in [-0.1, -0.05) is 5.92 Å². The number of carboxylic acids is 1. The maximum atomic E-state index is 11.5. The fraction of sp³-hybridized carbons (Fsp3) is 0.357. The zero-order valence-corrected chi connectivity index (χ0v) is 12.2. The molecule has 1 fully saturated rings. The maximum Gasteiger partial charge on any atom is 0.338 e. The van der Waals surface area contributed by atoms with Crippen LogP contribution < -0.4 is 5.73 Å². The van der Waals surface area contributed by atoms with Gasteiger partial charge in [0.2, 0.25) is 0 Å². The molecule has 4 atom stereocenters. The van der Waals surface area contributed by atoms with Gasteiger partial charge in [-0.25, -0.2) is 14.8 Å². The van der Waals surface area contributed by atoms with Crippen LogP contribution in [0.3, 0.4) is 0 Å². The molecule has 0 spiro atoms. The molecule has 1 aliphatic rings. The Bertz CT molecular complexity index is 859. The molecule has 6 N–H and O–H groups in total. The van der Waals surface area contributed by atoms with E-state index in [0.29, 0.717) is 0 Å². The third-order valence-electron chi connectivity index (χ3n) is 4.02. The molecule has 3 rings (SSSR count). The van der Waals surface area contributed by atoms with Gasteiger partial charge in [0.15, 0.2) is 11.8 Å². The summed E-state index contributed by atoms with van der Waals surface area (Å²) in [6.45, 7) is -0.593. The molecule has 0 unspecified atom stereocenters. The topological polar surface area (TPSA) is 164 Å². The van der Waals surface area contributed by atoms with Crippen molar-refractivity contribution >= 4 is 22.8 Å². The van der Waals surface area contributed by atoms with Crippen molar-refractivity contribution in [1.82, 2.24) is 14.5 Å². The molecule has 10 nitrogen and oxygen atoms in total. The van der Waals surface area contributed by atoms with Crippen LogP contribution in [0.4, 0.5) is 5.82 Å². The first-order valence-corrected chi connectivity index (χ1v) is 6.84. The molecule has 0 bridgehead atoms. The molecule has 0 amide bonds. The van der Waals surface area contributed by atoms with Crippen molar-refractivity contribution < 1.29 is 30.0 Å². The van der Waals surface area contributed by atoms with Crippen molar-refractivity contribution in [2.24, 2.45) is 0 Å². The van der Waals surface area contributed by atoms with Crippen molar-refractivity contribution in [3.05, 3.63) is 18.1 Å². The van der Waals surface area contributed by atoms with Gasteiger partial charge in [-0.3, -0.25) is 0 Å². The first kappa shape index (κ1) is 16.2. The van der Waals surface area contributed by atoms with Gasteiger partial charge in [-0.2, -0.15) is 0 Å². The highest BCUT2D eigenvalue weighted by Gasteiger charge is 2.55. The number of nitrogen functional groups attached to an aromatic ring is 1. The van der Waals surface area contributed by atoms with Crippen molar-refractivity contribution in [2.75, 3.05) is 12.3 Å². The number of nitrogens with two attached hydrogens (primary N) is 1. The number of carboxylic acid groups (broad SMARTS) is 1. The Morgan fingerprint density at radius 2 is 2.25 bits per heavy atom. The van der Waals surface area contributed by atoms with Crippen LogP contribution in [0.1, 0.15) is 16.6 Å². The number of carbonyl (C=O) groups is 1. The van der Waals surface area contributed by atoms with Gasteiger partial charge in [0, 0.05) is 6.20 Å². The Labute approximate surface area is 135 Å². The van der Waals surface area contributed by atoms with E-state index in [9.17, 15) is 25.2 Å². The van der Waals surface area contributed by atoms with E-state index in [4.69, 9.17) is 16.9 Å². The molecular formula is C14H14N4O6. The minimum absolute atomic E-state index is 0.0508. The normalized spacial score (nSPS) is 29.7. The Morgan fingerprint density at radius 3 is 2.83 bits per heavy atom. The summed E-state index contributed by atoms with van der Waals surface area (Å²) in [4.78, 5) is 19.2. The second-order valence-electron chi connectivity index (χ2n) is 5.34. The largest absolute Gasteiger partial charge is 0.478 e. The molecule has 2 aromatic rings. The van der Waals surface area contributed by atoms with Crippen molar-refractivity contribution in [2.45, 2.75) is 24.0 Å². The Kier molecular flexibility index (Phi) is 3.66. The molecule has 2 aromatic heterocycles. The number of anilines is 1. The van der Waals surface area contributed by atoms with E-state index in [1.807, 2.05) is 5.92 Å². The highest BCUT2D eigenvalue weighted by Crippen LogP contribution is 2.40. The van der Waals surface area contributed by atoms with Gasteiger partial charge < -0.3 is 35.5 Å². The number of aromatic nitrogens is 3. The van der Waals surface area contributed by atoms with Crippen LogP contribution in [-0.2, 0) is 4.74 Å². The Hall–Kier alpha value is -2.71. The summed E-state index contributed by atoms with van der Waals surface area (Å²) in [6.07, 6.45) is 3.48. The summed E-state index contributed by atoms with van der Waals surface area (Å²) in [5, 5.41) is 39.4. The average molecular weight is 334 g/mol. The first-order valence-electron chi connectivity index (χ1n) is 6.84. The highest BCUT2D eigenvalue weighted by atomic mass is 16.6. The lowest BCUT2D eigenvalue weighted by molar-refractivity contribution is -0.0718. The van der Waals surface area contributed by atoms with E-state index in [0.717, 1.165) is 17.1 Å². The Morgan fingerprint density at radius 1 is 1.54 bits per heavy atom. The van der Waals surface area contributed by atoms with Crippen LogP contribution in [-0.4, -0.2) is 65.3 Å². The first-order chi connectivity index (χ1) is 11.3. The quantitative estimate of drug-likeness (QED) is 0.413. The summed E-state index contributed by atoms with van der Waals surface area (Å²) < 4.78 is 6.60. The van der Waals surface area contributed by atoms with E-state index in [1.54, 1.807) is 0 Å². The number of aromatic carboxylic acids is 1. The number of aliphatic hydroxyl groups excluding tert-OH is 2. The minimum Gasteiger partial charge on any atom is -0.478 e. The molecule has 0 aromatic carbocycles. The number of nitrogens with zero attached hydrogens (tertiary/aromatic N) is 3. The average Bonchev–Trinajstić information content (AvgIpc) is 3.06. The number of fused-ring (bicyclic) bond motifs is 1. The number of hydrogen-bond donors (Lipinski definition) is 5. The van der Waals surface area contributed by atoms with E-state index >= 15 is 0 Å². The second kappa shape index (κ2) is 5.43. The molecule has 1 saturated heterocycles. The summed E-state index contributed by atoms with van der Waals surface area (Å²) >= 11 is 0. The number of rotatable bonds is 3. The highest BCUT2D eigenvalue weighted by molar-refractivity contribution is 6.06. The fourth-order valence-electron chi connectivity index (χ4n) is 2.80. The number of aliphatic hydroxyl groups is 3. The lowest BCUT2D eigenvalue weighted by Crippen LogP contribution is -2.45. The van der Waals surface area contributed by atoms with Crippen LogP contribution in [0.25, 0.3) is 11.0 Å². The van der Waals surface area contributed by atoms with Gasteiger partial charge in [0.05, 0.1) is 17.6 Å². The number of hydrogen-bond acceptors (Lipinski definition) is 8. The molecular weight excluding hydrogens is 320 g/mol. The van der Waals surface area contributed by atoms with Gasteiger partial charge >= 0.3 is 5.97 Å². The number of ether oxygens (including phenoxy) is 1. The van der Waals surface area contributed by atoms with Crippen molar-refractivity contribution in [3.63, 3.8) is 0 Å². The third kappa shape index (κ3) is 2.04. The summed E-state index contributed by atoms with van der Waals surface area (Å²) in [5.41, 5.74) is 3.37. The molecule has 1 aliphatic heterocycles. The van der Waals surface area contributed by atoms with E-state index in [-0.39, 0.29) is 22.4 Å². The van der Waals surface area contributed by atoms with Crippen LogP contribution >= 0.6 is 0 Å². The standard InChI is InChI=1S/C14H14N4O6/c1-2-14(23)9(20)7(4-19)24-13(14)18-3-6(12(21)22)8-10(15)16-5-17-11(8)18/h1,3,5,7,9,13,19-20,23H,4H2,(H,21,22)(H2,15,16,17)/t7-,9-,13-,14+/m1/s1. The molecule has 3 heterocycles. The van der Waals surface area contributed by atoms with Crippen LogP contribution in [0.15, 0.2) is 12.5 Å². The smallest absolute Gasteiger partial charge is 0.338 e. The molecule has 0 radical (unpaired) electrons. The summed E-state index contributed by atoms with van der Waals surface area (Å²) in [5.74, 6) is 0.686. The lowest BCUT2D eigenvalue weighted by atomic mass is 9.95. The molecule has 0 aliphatic carbocycles. The van der Waals surface area contributed by atoms with Crippen LogP contribution in [0, 0.1) is 12.3 Å². The van der Waals surface area contributed by atoms with E-state index in [2.05, 4.69) is 9.97 Å². The molecule has 126 valence electrons. The summed E-state index contributed by atoms with van der Waals surface area (Å²) in [6, 6.07) is 0. The van der Waals surface area contributed by atoms with Gasteiger partial charge in [-0.05, 0) is 0 Å². The zero-order chi connectivity index (χ0) is 17.6. The maximum absolute atomic E-state index is 11.5. The fourth-order valence-corrected chi connectivity index (χ4v) is 2.80. The third-order valence-corrected chi connectivity index (χ3v) is 4.02. The summed E-state index contributed by atoms with van der Waals surface area (Å²) in [7, 11) is 0. The second-order valence-corrected chi connectivity index (χ2v) is 5.34. The number of terminal acetylenes is 1.